The van der Waals surface area contributed by atoms with Crippen molar-refractivity contribution in [1.82, 2.24) is 9.97 Å². The van der Waals surface area contributed by atoms with E-state index in [1.165, 1.54) is 0 Å². The van der Waals surface area contributed by atoms with Crippen LogP contribution in [0.3, 0.4) is 0 Å². The van der Waals surface area contributed by atoms with E-state index >= 15 is 0 Å². The quantitative estimate of drug-likeness (QED) is 0.607. The molecule has 1 N–H and O–H groups in total. The molecule has 0 atom stereocenters. The maximum absolute atomic E-state index is 11.6. The lowest BCUT2D eigenvalue weighted by atomic mass is 10.1. The van der Waals surface area contributed by atoms with E-state index in [2.05, 4.69) is 9.97 Å². The molecule has 3 rings (SSSR count). The molecule has 0 radical (unpaired) electrons. The van der Waals surface area contributed by atoms with Gasteiger partial charge >= 0.3 is 0 Å². The van der Waals surface area contributed by atoms with Gasteiger partial charge in [-0.1, -0.05) is 18.2 Å². The Morgan fingerprint density at radius 2 is 2.06 bits per heavy atom. The lowest BCUT2D eigenvalue weighted by Crippen LogP contribution is -2.10. The SMILES string of the molecule is Cc1nc2ccccc2c2cc(C#N)c(=O)[nH]c12. The largest absolute Gasteiger partial charge is 0.319 e. The highest BCUT2D eigenvalue weighted by molar-refractivity contribution is 6.05. The number of aryl methyl sites for hydroxylation is 1. The van der Waals surface area contributed by atoms with Crippen LogP contribution >= 0.6 is 0 Å². The van der Waals surface area contributed by atoms with Gasteiger partial charge in [0.2, 0.25) is 0 Å². The zero-order valence-electron chi connectivity index (χ0n) is 9.69. The first-order valence-corrected chi connectivity index (χ1v) is 5.53. The number of benzene rings is 1. The van der Waals surface area contributed by atoms with Crippen LogP contribution < -0.4 is 5.56 Å². The summed E-state index contributed by atoms with van der Waals surface area (Å²) in [6, 6.07) is 11.2. The van der Waals surface area contributed by atoms with Gasteiger partial charge in [0.25, 0.3) is 5.56 Å². The van der Waals surface area contributed by atoms with Crippen LogP contribution in [0.5, 0.6) is 0 Å². The first-order valence-electron chi connectivity index (χ1n) is 5.53. The van der Waals surface area contributed by atoms with Crippen molar-refractivity contribution in [3.8, 4) is 6.07 Å². The van der Waals surface area contributed by atoms with E-state index < -0.39 is 0 Å². The first-order chi connectivity index (χ1) is 8.70. The fraction of sp³-hybridized carbons (Fsp3) is 0.0714. The first kappa shape index (κ1) is 10.5. The fourth-order valence-corrected chi connectivity index (χ4v) is 2.15. The minimum absolute atomic E-state index is 0.123. The summed E-state index contributed by atoms with van der Waals surface area (Å²) in [7, 11) is 0. The van der Waals surface area contributed by atoms with Crippen molar-refractivity contribution in [2.75, 3.05) is 0 Å². The van der Waals surface area contributed by atoms with Crippen molar-refractivity contribution in [3.63, 3.8) is 0 Å². The van der Waals surface area contributed by atoms with E-state index in [4.69, 9.17) is 5.26 Å². The number of aromatic nitrogens is 2. The Morgan fingerprint density at radius 3 is 2.83 bits per heavy atom. The third-order valence-corrected chi connectivity index (χ3v) is 3.01. The summed E-state index contributed by atoms with van der Waals surface area (Å²) < 4.78 is 0. The van der Waals surface area contributed by atoms with Gasteiger partial charge in [0.15, 0.2) is 0 Å². The molecule has 4 heteroatoms. The van der Waals surface area contributed by atoms with Gasteiger partial charge in [0, 0.05) is 10.8 Å². The molecule has 0 amide bonds. The predicted octanol–water partition coefficient (Wildman–Crippen LogP) is 2.26. The highest BCUT2D eigenvalue weighted by atomic mass is 16.1. The zero-order chi connectivity index (χ0) is 12.7. The normalized spacial score (nSPS) is 10.7. The molecule has 86 valence electrons. The molecule has 0 aliphatic rings. The Kier molecular flexibility index (Phi) is 2.14. The van der Waals surface area contributed by atoms with Gasteiger partial charge in [-0.3, -0.25) is 9.78 Å². The third-order valence-electron chi connectivity index (χ3n) is 3.01. The summed E-state index contributed by atoms with van der Waals surface area (Å²) in [4.78, 5) is 18.8. The predicted molar refractivity (Wildman–Crippen MR) is 69.3 cm³/mol. The summed E-state index contributed by atoms with van der Waals surface area (Å²) in [5.41, 5.74) is 2.06. The van der Waals surface area contributed by atoms with E-state index in [0.717, 1.165) is 22.0 Å². The molecule has 0 saturated heterocycles. The zero-order valence-corrected chi connectivity index (χ0v) is 9.69. The topological polar surface area (TPSA) is 69.5 Å². The second-order valence-electron chi connectivity index (χ2n) is 4.13. The molecule has 0 aliphatic carbocycles. The number of nitriles is 1. The minimum atomic E-state index is -0.370. The average molecular weight is 235 g/mol. The molecule has 3 aromatic rings. The van der Waals surface area contributed by atoms with Crippen molar-refractivity contribution in [1.29, 1.82) is 5.26 Å². The second-order valence-corrected chi connectivity index (χ2v) is 4.13. The van der Waals surface area contributed by atoms with Crippen LogP contribution in [0.2, 0.25) is 0 Å². The number of H-pyrrole nitrogens is 1. The van der Waals surface area contributed by atoms with Crippen molar-refractivity contribution in [2.24, 2.45) is 0 Å². The summed E-state index contributed by atoms with van der Waals surface area (Å²) in [5.74, 6) is 0. The highest BCUT2D eigenvalue weighted by Gasteiger charge is 2.08. The monoisotopic (exact) mass is 235 g/mol. The third kappa shape index (κ3) is 1.38. The standard InChI is InChI=1S/C14H9N3O/c1-8-13-11(6-9(7-15)14(18)17-13)10-4-2-3-5-12(10)16-8/h2-6H,1H3,(H,17,18). The van der Waals surface area contributed by atoms with Gasteiger partial charge < -0.3 is 4.98 Å². The summed E-state index contributed by atoms with van der Waals surface area (Å²) >= 11 is 0. The van der Waals surface area contributed by atoms with Gasteiger partial charge in [-0.25, -0.2) is 0 Å². The molecule has 4 nitrogen and oxygen atoms in total. The molecular formula is C14H9N3O. The molecule has 2 aromatic heterocycles. The number of nitrogens with one attached hydrogen (secondary N) is 1. The number of aromatic amines is 1. The van der Waals surface area contributed by atoms with Gasteiger partial charge in [0.1, 0.15) is 11.6 Å². The summed E-state index contributed by atoms with van der Waals surface area (Å²) in [5, 5.41) is 10.7. The van der Waals surface area contributed by atoms with Gasteiger partial charge in [-0.05, 0) is 19.1 Å². The van der Waals surface area contributed by atoms with Gasteiger partial charge in [-0.2, -0.15) is 5.26 Å². The lowest BCUT2D eigenvalue weighted by Gasteiger charge is -2.06. The molecule has 0 bridgehead atoms. The Bertz CT molecular complexity index is 872. The van der Waals surface area contributed by atoms with Crippen LogP contribution in [-0.4, -0.2) is 9.97 Å². The van der Waals surface area contributed by atoms with Crippen LogP contribution in [-0.2, 0) is 0 Å². The number of nitrogens with zero attached hydrogens (tertiary/aromatic N) is 2. The highest BCUT2D eigenvalue weighted by Crippen LogP contribution is 2.24. The maximum atomic E-state index is 11.6. The Labute approximate surface area is 103 Å². The summed E-state index contributed by atoms with van der Waals surface area (Å²) in [6.45, 7) is 1.84. The van der Waals surface area contributed by atoms with Gasteiger partial charge in [-0.15, -0.1) is 0 Å². The van der Waals surface area contributed by atoms with Gasteiger partial charge in [0.05, 0.1) is 16.7 Å². The van der Waals surface area contributed by atoms with Crippen molar-refractivity contribution >= 4 is 21.8 Å². The molecule has 2 heterocycles. The molecule has 0 fully saturated rings. The average Bonchev–Trinajstić information content (AvgIpc) is 2.39. The van der Waals surface area contributed by atoms with Crippen molar-refractivity contribution in [2.45, 2.75) is 6.92 Å². The number of hydrogen-bond acceptors (Lipinski definition) is 3. The number of rotatable bonds is 0. The van der Waals surface area contributed by atoms with E-state index in [1.54, 1.807) is 6.07 Å². The molecule has 0 unspecified atom stereocenters. The van der Waals surface area contributed by atoms with Crippen LogP contribution in [0.4, 0.5) is 0 Å². The van der Waals surface area contributed by atoms with Crippen molar-refractivity contribution < 1.29 is 0 Å². The molecule has 18 heavy (non-hydrogen) atoms. The van der Waals surface area contributed by atoms with Crippen LogP contribution in [0.25, 0.3) is 21.8 Å². The van der Waals surface area contributed by atoms with Crippen LogP contribution in [0.15, 0.2) is 35.1 Å². The molecular weight excluding hydrogens is 226 g/mol. The fourth-order valence-electron chi connectivity index (χ4n) is 2.15. The molecule has 0 spiro atoms. The Morgan fingerprint density at radius 1 is 1.28 bits per heavy atom. The lowest BCUT2D eigenvalue weighted by molar-refractivity contribution is 1.21. The van der Waals surface area contributed by atoms with Crippen LogP contribution in [0, 0.1) is 18.3 Å². The second kappa shape index (κ2) is 3.67. The number of pyridine rings is 2. The molecule has 1 aromatic carbocycles. The van der Waals surface area contributed by atoms with Crippen molar-refractivity contribution in [3.05, 3.63) is 51.9 Å². The van der Waals surface area contributed by atoms with E-state index in [0.29, 0.717) is 5.52 Å². The van der Waals surface area contributed by atoms with E-state index in [-0.39, 0.29) is 11.1 Å². The number of fused-ring (bicyclic) bond motifs is 3. The molecule has 0 aliphatic heterocycles. The van der Waals surface area contributed by atoms with E-state index in [1.807, 2.05) is 37.3 Å². The number of hydrogen-bond donors (Lipinski definition) is 1. The minimum Gasteiger partial charge on any atom is -0.319 e. The van der Waals surface area contributed by atoms with Crippen LogP contribution in [0.1, 0.15) is 11.3 Å². The molecule has 0 saturated carbocycles. The maximum Gasteiger partial charge on any atom is 0.266 e. The van der Waals surface area contributed by atoms with E-state index in [9.17, 15) is 4.79 Å². The Balaban J connectivity index is 2.63. The number of para-hydroxylation sites is 1. The Hall–Kier alpha value is -2.67. The summed E-state index contributed by atoms with van der Waals surface area (Å²) in [6.07, 6.45) is 0. The smallest absolute Gasteiger partial charge is 0.266 e.